The summed E-state index contributed by atoms with van der Waals surface area (Å²) in [6.45, 7) is 10.4. The number of morpholine rings is 1. The van der Waals surface area contributed by atoms with E-state index in [0.29, 0.717) is 19.6 Å². The Morgan fingerprint density at radius 1 is 1.14 bits per heavy atom. The monoisotopic (exact) mass is 319 g/mol. The van der Waals surface area contributed by atoms with E-state index in [0.717, 1.165) is 25.6 Å². The molecular formula is C14H29N3O3S. The summed E-state index contributed by atoms with van der Waals surface area (Å²) in [6.07, 6.45) is 2.40. The summed E-state index contributed by atoms with van der Waals surface area (Å²) in [4.78, 5) is 2.35. The number of hydrogen-bond acceptors (Lipinski definition) is 4. The molecule has 1 N–H and O–H groups in total. The van der Waals surface area contributed by atoms with Crippen molar-refractivity contribution in [2.45, 2.75) is 45.8 Å². The summed E-state index contributed by atoms with van der Waals surface area (Å²) >= 11 is 0. The standard InChI is InChI=1S/C14H29N3O3S/c1-12-5-4-7-16(9-12)8-6-15-21(18,19)17-10-13(2)20-14(3)11-17/h12-15H,4-11H2,1-3H3/t12-,13-,14+/m1/s1. The molecule has 2 aliphatic rings. The molecule has 6 nitrogen and oxygen atoms in total. The second-order valence-electron chi connectivity index (χ2n) is 6.52. The van der Waals surface area contributed by atoms with E-state index in [9.17, 15) is 8.42 Å². The Kier molecular flexibility index (Phi) is 6.02. The van der Waals surface area contributed by atoms with Gasteiger partial charge in [0.05, 0.1) is 12.2 Å². The lowest BCUT2D eigenvalue weighted by atomic mass is 10.0. The molecule has 0 saturated carbocycles. The first kappa shape index (κ1) is 17.1. The smallest absolute Gasteiger partial charge is 0.279 e. The van der Waals surface area contributed by atoms with Crippen molar-refractivity contribution in [3.8, 4) is 0 Å². The molecule has 124 valence electrons. The normalized spacial score (nSPS) is 33.2. The Hall–Kier alpha value is -0.210. The first-order valence-electron chi connectivity index (χ1n) is 7.99. The molecule has 0 unspecified atom stereocenters. The third-order valence-corrected chi connectivity index (χ3v) is 5.73. The zero-order valence-corrected chi connectivity index (χ0v) is 14.2. The molecule has 2 heterocycles. The summed E-state index contributed by atoms with van der Waals surface area (Å²) in [5, 5.41) is 0. The van der Waals surface area contributed by atoms with Gasteiger partial charge in [0.1, 0.15) is 0 Å². The fraction of sp³-hybridized carbons (Fsp3) is 1.00. The Bertz CT molecular complexity index is 419. The van der Waals surface area contributed by atoms with Crippen molar-refractivity contribution in [1.82, 2.24) is 13.9 Å². The number of hydrogen-bond donors (Lipinski definition) is 1. The van der Waals surface area contributed by atoms with E-state index in [4.69, 9.17) is 4.74 Å². The van der Waals surface area contributed by atoms with Gasteiger partial charge in [0.25, 0.3) is 10.2 Å². The molecule has 0 aromatic rings. The SMILES string of the molecule is C[C@@H]1CCCN(CCNS(=O)(=O)N2C[C@@H](C)O[C@@H](C)C2)C1. The third kappa shape index (κ3) is 5.17. The van der Waals surface area contributed by atoms with Crippen molar-refractivity contribution >= 4 is 10.2 Å². The van der Waals surface area contributed by atoms with Crippen molar-refractivity contribution < 1.29 is 13.2 Å². The third-order valence-electron chi connectivity index (χ3n) is 4.18. The van der Waals surface area contributed by atoms with Gasteiger partial charge < -0.3 is 9.64 Å². The van der Waals surface area contributed by atoms with E-state index in [-0.39, 0.29) is 12.2 Å². The number of rotatable bonds is 5. The van der Waals surface area contributed by atoms with E-state index in [1.54, 1.807) is 0 Å². The molecular weight excluding hydrogens is 290 g/mol. The second-order valence-corrected chi connectivity index (χ2v) is 8.28. The van der Waals surface area contributed by atoms with Crippen LogP contribution in [0.1, 0.15) is 33.6 Å². The summed E-state index contributed by atoms with van der Waals surface area (Å²) in [5.74, 6) is 0.719. The van der Waals surface area contributed by atoms with Crippen molar-refractivity contribution in [2.75, 3.05) is 39.3 Å². The van der Waals surface area contributed by atoms with E-state index in [1.165, 1.54) is 17.1 Å². The van der Waals surface area contributed by atoms with Gasteiger partial charge in [-0.3, -0.25) is 0 Å². The lowest BCUT2D eigenvalue weighted by Gasteiger charge is -2.35. The number of nitrogens with zero attached hydrogens (tertiary/aromatic N) is 2. The van der Waals surface area contributed by atoms with Gasteiger partial charge in [-0.15, -0.1) is 0 Å². The average molecular weight is 319 g/mol. The van der Waals surface area contributed by atoms with Crippen LogP contribution in [0.25, 0.3) is 0 Å². The van der Waals surface area contributed by atoms with Crippen LogP contribution in [0.5, 0.6) is 0 Å². The lowest BCUT2D eigenvalue weighted by molar-refractivity contribution is -0.0444. The molecule has 2 saturated heterocycles. The molecule has 2 rings (SSSR count). The quantitative estimate of drug-likeness (QED) is 0.809. The molecule has 21 heavy (non-hydrogen) atoms. The number of piperidine rings is 1. The molecule has 2 fully saturated rings. The summed E-state index contributed by atoms with van der Waals surface area (Å²) in [5.41, 5.74) is 0. The van der Waals surface area contributed by atoms with Crippen LogP contribution in [0.2, 0.25) is 0 Å². The highest BCUT2D eigenvalue weighted by Gasteiger charge is 2.30. The Balaban J connectivity index is 1.78. The van der Waals surface area contributed by atoms with Gasteiger partial charge in [-0.05, 0) is 39.2 Å². The molecule has 0 aromatic heterocycles. The first-order chi connectivity index (χ1) is 9.87. The van der Waals surface area contributed by atoms with Crippen LogP contribution < -0.4 is 4.72 Å². The van der Waals surface area contributed by atoms with Crippen molar-refractivity contribution in [2.24, 2.45) is 5.92 Å². The zero-order valence-electron chi connectivity index (χ0n) is 13.4. The largest absolute Gasteiger partial charge is 0.373 e. The molecule has 0 spiro atoms. The maximum atomic E-state index is 12.3. The van der Waals surface area contributed by atoms with Gasteiger partial charge in [-0.25, -0.2) is 4.72 Å². The van der Waals surface area contributed by atoms with Gasteiger partial charge >= 0.3 is 0 Å². The molecule has 0 amide bonds. The van der Waals surface area contributed by atoms with E-state index in [2.05, 4.69) is 16.5 Å². The molecule has 0 aliphatic carbocycles. The van der Waals surface area contributed by atoms with Gasteiger partial charge in [0, 0.05) is 32.7 Å². The minimum absolute atomic E-state index is 0.0479. The van der Waals surface area contributed by atoms with Crippen LogP contribution in [-0.4, -0.2) is 69.1 Å². The van der Waals surface area contributed by atoms with Crippen LogP contribution in [0.4, 0.5) is 0 Å². The Morgan fingerprint density at radius 2 is 1.81 bits per heavy atom. The lowest BCUT2D eigenvalue weighted by Crippen LogP contribution is -2.52. The topological polar surface area (TPSA) is 61.9 Å². The Morgan fingerprint density at radius 3 is 2.43 bits per heavy atom. The van der Waals surface area contributed by atoms with Gasteiger partial charge in [-0.1, -0.05) is 6.92 Å². The highest BCUT2D eigenvalue weighted by molar-refractivity contribution is 7.87. The molecule has 0 bridgehead atoms. The number of nitrogens with one attached hydrogen (secondary N) is 1. The average Bonchev–Trinajstić information content (AvgIpc) is 2.37. The van der Waals surface area contributed by atoms with Crippen molar-refractivity contribution in [3.63, 3.8) is 0 Å². The van der Waals surface area contributed by atoms with E-state index < -0.39 is 10.2 Å². The molecule has 3 atom stereocenters. The predicted octanol–water partition coefficient (Wildman–Crippen LogP) is 0.662. The molecule has 0 aromatic carbocycles. The summed E-state index contributed by atoms with van der Waals surface area (Å²) in [6, 6.07) is 0. The van der Waals surface area contributed by atoms with Crippen LogP contribution >= 0.6 is 0 Å². The van der Waals surface area contributed by atoms with Crippen molar-refractivity contribution in [3.05, 3.63) is 0 Å². The molecule has 2 aliphatic heterocycles. The van der Waals surface area contributed by atoms with Gasteiger partial charge in [-0.2, -0.15) is 12.7 Å². The van der Waals surface area contributed by atoms with Crippen LogP contribution in [0.15, 0.2) is 0 Å². The number of ether oxygens (including phenoxy) is 1. The second kappa shape index (κ2) is 7.37. The maximum absolute atomic E-state index is 12.3. The predicted molar refractivity (Wildman–Crippen MR) is 83.3 cm³/mol. The summed E-state index contributed by atoms with van der Waals surface area (Å²) < 4.78 is 34.5. The minimum atomic E-state index is -3.39. The summed E-state index contributed by atoms with van der Waals surface area (Å²) in [7, 11) is -3.39. The highest BCUT2D eigenvalue weighted by atomic mass is 32.2. The minimum Gasteiger partial charge on any atom is -0.373 e. The van der Waals surface area contributed by atoms with Crippen LogP contribution in [-0.2, 0) is 14.9 Å². The number of likely N-dealkylation sites (tertiary alicyclic amines) is 1. The first-order valence-corrected chi connectivity index (χ1v) is 9.43. The van der Waals surface area contributed by atoms with Crippen LogP contribution in [0.3, 0.4) is 0 Å². The maximum Gasteiger partial charge on any atom is 0.279 e. The van der Waals surface area contributed by atoms with Crippen LogP contribution in [0, 0.1) is 5.92 Å². The molecule has 0 radical (unpaired) electrons. The fourth-order valence-corrected chi connectivity index (χ4v) is 4.58. The Labute approximate surface area is 129 Å². The highest BCUT2D eigenvalue weighted by Crippen LogP contribution is 2.15. The van der Waals surface area contributed by atoms with Gasteiger partial charge in [0.15, 0.2) is 0 Å². The van der Waals surface area contributed by atoms with E-state index >= 15 is 0 Å². The van der Waals surface area contributed by atoms with E-state index in [1.807, 2.05) is 13.8 Å². The zero-order chi connectivity index (χ0) is 15.5. The molecule has 7 heteroatoms. The fourth-order valence-electron chi connectivity index (χ4n) is 3.24. The van der Waals surface area contributed by atoms with Crippen molar-refractivity contribution in [1.29, 1.82) is 0 Å². The van der Waals surface area contributed by atoms with Gasteiger partial charge in [0.2, 0.25) is 0 Å².